The minimum atomic E-state index is 0.497. The third-order valence-electron chi connectivity index (χ3n) is 2.39. The van der Waals surface area contributed by atoms with Crippen LogP contribution in [0.15, 0.2) is 18.3 Å². The summed E-state index contributed by atoms with van der Waals surface area (Å²) in [6.07, 6.45) is 7.18. The lowest BCUT2D eigenvalue weighted by molar-refractivity contribution is 0.364. The van der Waals surface area contributed by atoms with Crippen molar-refractivity contribution < 1.29 is 0 Å². The van der Waals surface area contributed by atoms with E-state index in [0.29, 0.717) is 12.6 Å². The summed E-state index contributed by atoms with van der Waals surface area (Å²) >= 11 is 0. The van der Waals surface area contributed by atoms with Crippen LogP contribution in [0.1, 0.15) is 25.1 Å². The number of aromatic nitrogens is 1. The zero-order valence-corrected chi connectivity index (χ0v) is 10.9. The molecule has 3 heteroatoms. The fraction of sp³-hybridized carbons (Fsp3) is 0.500. The highest BCUT2D eigenvalue weighted by Crippen LogP contribution is 2.03. The standard InChI is InChI=1S/C14H21N3/c1-5-8-17(4)11-14-7-6-13(10-16-14)9-15-12(2)3/h1,6-7,10,12,15H,8-9,11H2,2-4H3. The molecule has 0 aliphatic heterocycles. The molecule has 1 rings (SSSR count). The maximum absolute atomic E-state index is 5.25. The van der Waals surface area contributed by atoms with Crippen molar-refractivity contribution in [2.45, 2.75) is 33.0 Å². The van der Waals surface area contributed by atoms with Crippen molar-refractivity contribution in [2.75, 3.05) is 13.6 Å². The van der Waals surface area contributed by atoms with Gasteiger partial charge in [-0.15, -0.1) is 6.42 Å². The maximum Gasteiger partial charge on any atom is 0.0599 e. The molecule has 0 radical (unpaired) electrons. The van der Waals surface area contributed by atoms with Gasteiger partial charge in [0, 0.05) is 25.3 Å². The van der Waals surface area contributed by atoms with Crippen LogP contribution in [0.5, 0.6) is 0 Å². The quantitative estimate of drug-likeness (QED) is 0.755. The van der Waals surface area contributed by atoms with Crippen LogP contribution in [0.4, 0.5) is 0 Å². The summed E-state index contributed by atoms with van der Waals surface area (Å²) in [6.45, 7) is 6.58. The first-order valence-corrected chi connectivity index (χ1v) is 5.91. The topological polar surface area (TPSA) is 28.2 Å². The first-order valence-electron chi connectivity index (χ1n) is 5.91. The first-order chi connectivity index (χ1) is 8.11. The van der Waals surface area contributed by atoms with Crippen molar-refractivity contribution in [3.8, 4) is 12.3 Å². The molecule has 0 unspecified atom stereocenters. The van der Waals surface area contributed by atoms with E-state index in [1.807, 2.05) is 13.2 Å². The molecule has 1 heterocycles. The zero-order valence-electron chi connectivity index (χ0n) is 10.9. The lowest BCUT2D eigenvalue weighted by Crippen LogP contribution is -2.22. The Morgan fingerprint density at radius 2 is 2.24 bits per heavy atom. The van der Waals surface area contributed by atoms with Crippen LogP contribution in [-0.2, 0) is 13.1 Å². The number of rotatable bonds is 6. The summed E-state index contributed by atoms with van der Waals surface area (Å²) < 4.78 is 0. The SMILES string of the molecule is C#CCN(C)Cc1ccc(CNC(C)C)cn1. The maximum atomic E-state index is 5.25. The highest BCUT2D eigenvalue weighted by atomic mass is 15.1. The van der Waals surface area contributed by atoms with Crippen molar-refractivity contribution in [2.24, 2.45) is 0 Å². The Hall–Kier alpha value is -1.37. The lowest BCUT2D eigenvalue weighted by atomic mass is 10.2. The van der Waals surface area contributed by atoms with Gasteiger partial charge >= 0.3 is 0 Å². The molecule has 1 aromatic rings. The predicted octanol–water partition coefficient (Wildman–Crippen LogP) is 1.64. The molecule has 0 atom stereocenters. The van der Waals surface area contributed by atoms with Gasteiger partial charge in [0.05, 0.1) is 12.2 Å². The van der Waals surface area contributed by atoms with Crippen LogP contribution in [0, 0.1) is 12.3 Å². The first kappa shape index (κ1) is 13.7. The Bertz CT molecular complexity index is 362. The Kier molecular flexibility index (Phi) is 5.68. The molecule has 17 heavy (non-hydrogen) atoms. The van der Waals surface area contributed by atoms with Gasteiger partial charge in [0.1, 0.15) is 0 Å². The Labute approximate surface area is 104 Å². The summed E-state index contributed by atoms with van der Waals surface area (Å²) in [5.74, 6) is 2.62. The molecule has 0 saturated heterocycles. The summed E-state index contributed by atoms with van der Waals surface area (Å²) in [5, 5.41) is 3.37. The van der Waals surface area contributed by atoms with Crippen LogP contribution in [0.2, 0.25) is 0 Å². The molecule has 0 aliphatic rings. The summed E-state index contributed by atoms with van der Waals surface area (Å²) in [5.41, 5.74) is 2.26. The number of hydrogen-bond donors (Lipinski definition) is 1. The van der Waals surface area contributed by atoms with E-state index in [1.54, 1.807) is 0 Å². The number of terminal acetylenes is 1. The molecule has 0 spiro atoms. The molecule has 0 bridgehead atoms. The molecular formula is C14H21N3. The molecule has 0 amide bonds. The third kappa shape index (κ3) is 5.48. The van der Waals surface area contributed by atoms with Gasteiger partial charge < -0.3 is 5.32 Å². The van der Waals surface area contributed by atoms with Gasteiger partial charge in [-0.2, -0.15) is 0 Å². The Balaban J connectivity index is 2.47. The molecule has 3 nitrogen and oxygen atoms in total. The highest BCUT2D eigenvalue weighted by molar-refractivity contribution is 5.14. The van der Waals surface area contributed by atoms with Crippen molar-refractivity contribution in [3.63, 3.8) is 0 Å². The van der Waals surface area contributed by atoms with Gasteiger partial charge in [0.15, 0.2) is 0 Å². The van der Waals surface area contributed by atoms with E-state index in [2.05, 4.69) is 47.1 Å². The van der Waals surface area contributed by atoms with E-state index >= 15 is 0 Å². The zero-order chi connectivity index (χ0) is 12.7. The Morgan fingerprint density at radius 1 is 1.47 bits per heavy atom. The minimum absolute atomic E-state index is 0.497. The van der Waals surface area contributed by atoms with E-state index < -0.39 is 0 Å². The van der Waals surface area contributed by atoms with Gasteiger partial charge in [-0.1, -0.05) is 25.8 Å². The molecule has 1 aromatic heterocycles. The molecule has 0 saturated carbocycles. The van der Waals surface area contributed by atoms with Crippen molar-refractivity contribution >= 4 is 0 Å². The van der Waals surface area contributed by atoms with Crippen molar-refractivity contribution in [1.29, 1.82) is 0 Å². The highest BCUT2D eigenvalue weighted by Gasteiger charge is 2.01. The van der Waals surface area contributed by atoms with Gasteiger partial charge in [0.25, 0.3) is 0 Å². The van der Waals surface area contributed by atoms with Crippen LogP contribution >= 0.6 is 0 Å². The van der Waals surface area contributed by atoms with Crippen molar-refractivity contribution in [3.05, 3.63) is 29.6 Å². The van der Waals surface area contributed by atoms with Gasteiger partial charge in [-0.05, 0) is 18.7 Å². The number of nitrogens with one attached hydrogen (secondary N) is 1. The van der Waals surface area contributed by atoms with Gasteiger partial charge in [0.2, 0.25) is 0 Å². The average molecular weight is 231 g/mol. The largest absolute Gasteiger partial charge is 0.310 e. The predicted molar refractivity (Wildman–Crippen MR) is 71.4 cm³/mol. The molecule has 1 N–H and O–H groups in total. The van der Waals surface area contributed by atoms with E-state index in [4.69, 9.17) is 6.42 Å². The van der Waals surface area contributed by atoms with Gasteiger partial charge in [-0.3, -0.25) is 9.88 Å². The second-order valence-electron chi connectivity index (χ2n) is 4.57. The lowest BCUT2D eigenvalue weighted by Gasteiger charge is -2.13. The molecule has 0 fully saturated rings. The van der Waals surface area contributed by atoms with E-state index in [1.165, 1.54) is 5.56 Å². The van der Waals surface area contributed by atoms with Gasteiger partial charge in [-0.25, -0.2) is 0 Å². The van der Waals surface area contributed by atoms with E-state index in [-0.39, 0.29) is 0 Å². The van der Waals surface area contributed by atoms with Crippen LogP contribution in [-0.4, -0.2) is 29.5 Å². The molecule has 0 aromatic carbocycles. The monoisotopic (exact) mass is 231 g/mol. The molecule has 0 aliphatic carbocycles. The summed E-state index contributed by atoms with van der Waals surface area (Å²) in [7, 11) is 2.00. The summed E-state index contributed by atoms with van der Waals surface area (Å²) in [4.78, 5) is 6.49. The van der Waals surface area contributed by atoms with Crippen molar-refractivity contribution in [1.82, 2.24) is 15.2 Å². The number of nitrogens with zero attached hydrogens (tertiary/aromatic N) is 2. The summed E-state index contributed by atoms with van der Waals surface area (Å²) in [6, 6.07) is 4.67. The molecule has 92 valence electrons. The average Bonchev–Trinajstić information content (AvgIpc) is 2.28. The van der Waals surface area contributed by atoms with Crippen LogP contribution in [0.25, 0.3) is 0 Å². The van der Waals surface area contributed by atoms with E-state index in [0.717, 1.165) is 18.8 Å². The number of pyridine rings is 1. The second kappa shape index (κ2) is 7.05. The fourth-order valence-corrected chi connectivity index (χ4v) is 1.46. The normalized spacial score (nSPS) is 10.8. The fourth-order valence-electron chi connectivity index (χ4n) is 1.46. The Morgan fingerprint density at radius 3 is 2.76 bits per heavy atom. The molecular weight excluding hydrogens is 210 g/mol. The van der Waals surface area contributed by atoms with Crippen LogP contribution in [0.3, 0.4) is 0 Å². The second-order valence-corrected chi connectivity index (χ2v) is 4.57. The minimum Gasteiger partial charge on any atom is -0.310 e. The third-order valence-corrected chi connectivity index (χ3v) is 2.39. The smallest absolute Gasteiger partial charge is 0.0599 e. The van der Waals surface area contributed by atoms with Crippen LogP contribution < -0.4 is 5.32 Å². The van der Waals surface area contributed by atoms with E-state index in [9.17, 15) is 0 Å². The number of hydrogen-bond acceptors (Lipinski definition) is 3.